The SMILES string of the molecule is COc1cc(C(C)NC(=O)c2ccccc2F)ccc1OC1CCCC1. The number of methoxy groups -OCH3 is 1. The van der Waals surface area contributed by atoms with Crippen LogP contribution in [0.3, 0.4) is 0 Å². The van der Waals surface area contributed by atoms with E-state index in [1.165, 1.54) is 25.0 Å². The largest absolute Gasteiger partial charge is 0.493 e. The molecule has 0 bridgehead atoms. The van der Waals surface area contributed by atoms with E-state index in [0.29, 0.717) is 5.75 Å². The van der Waals surface area contributed by atoms with Gasteiger partial charge in [-0.15, -0.1) is 0 Å². The predicted molar refractivity (Wildman–Crippen MR) is 98.2 cm³/mol. The number of halogens is 1. The number of benzene rings is 2. The van der Waals surface area contributed by atoms with Crippen molar-refractivity contribution >= 4 is 5.91 Å². The van der Waals surface area contributed by atoms with E-state index in [0.717, 1.165) is 24.2 Å². The second-order valence-electron chi connectivity index (χ2n) is 6.61. The fourth-order valence-electron chi connectivity index (χ4n) is 3.24. The van der Waals surface area contributed by atoms with Crippen molar-refractivity contribution in [2.45, 2.75) is 44.8 Å². The Morgan fingerprint density at radius 3 is 2.58 bits per heavy atom. The maximum Gasteiger partial charge on any atom is 0.254 e. The van der Waals surface area contributed by atoms with Gasteiger partial charge in [-0.05, 0) is 62.4 Å². The highest BCUT2D eigenvalue weighted by Gasteiger charge is 2.20. The molecule has 26 heavy (non-hydrogen) atoms. The molecule has 1 N–H and O–H groups in total. The molecule has 2 aromatic carbocycles. The molecule has 0 aromatic heterocycles. The van der Waals surface area contributed by atoms with Gasteiger partial charge in [-0.1, -0.05) is 18.2 Å². The fourth-order valence-corrected chi connectivity index (χ4v) is 3.24. The molecule has 0 aliphatic heterocycles. The van der Waals surface area contributed by atoms with Crippen LogP contribution in [0.15, 0.2) is 42.5 Å². The van der Waals surface area contributed by atoms with Gasteiger partial charge < -0.3 is 14.8 Å². The van der Waals surface area contributed by atoms with Crippen LogP contribution >= 0.6 is 0 Å². The minimum absolute atomic E-state index is 0.0347. The quantitative estimate of drug-likeness (QED) is 0.819. The first kappa shape index (κ1) is 18.2. The number of nitrogens with one attached hydrogen (secondary N) is 1. The highest BCUT2D eigenvalue weighted by Crippen LogP contribution is 2.33. The van der Waals surface area contributed by atoms with Crippen molar-refractivity contribution in [2.75, 3.05) is 7.11 Å². The summed E-state index contributed by atoms with van der Waals surface area (Å²) in [5.41, 5.74) is 0.901. The lowest BCUT2D eigenvalue weighted by molar-refractivity contribution is 0.0935. The Morgan fingerprint density at radius 1 is 1.15 bits per heavy atom. The number of rotatable bonds is 6. The molecular formula is C21H24FNO3. The van der Waals surface area contributed by atoms with Gasteiger partial charge in [-0.3, -0.25) is 4.79 Å². The molecule has 4 nitrogen and oxygen atoms in total. The molecule has 2 aromatic rings. The third-order valence-electron chi connectivity index (χ3n) is 4.75. The van der Waals surface area contributed by atoms with Crippen molar-refractivity contribution in [3.63, 3.8) is 0 Å². The molecule has 1 saturated carbocycles. The summed E-state index contributed by atoms with van der Waals surface area (Å²) in [5.74, 6) is 0.383. The number of carbonyl (C=O) groups excluding carboxylic acids is 1. The molecule has 0 heterocycles. The number of ether oxygens (including phenoxy) is 2. The van der Waals surface area contributed by atoms with Crippen molar-refractivity contribution in [2.24, 2.45) is 0 Å². The zero-order valence-corrected chi connectivity index (χ0v) is 15.1. The summed E-state index contributed by atoms with van der Waals surface area (Å²) in [5, 5.41) is 2.82. The molecule has 1 aliphatic carbocycles. The van der Waals surface area contributed by atoms with E-state index in [1.807, 2.05) is 25.1 Å². The first-order valence-electron chi connectivity index (χ1n) is 8.98. The van der Waals surface area contributed by atoms with Gasteiger partial charge in [0.25, 0.3) is 5.91 Å². The van der Waals surface area contributed by atoms with E-state index in [-0.39, 0.29) is 17.7 Å². The molecule has 138 valence electrons. The molecule has 0 saturated heterocycles. The van der Waals surface area contributed by atoms with E-state index in [2.05, 4.69) is 5.32 Å². The van der Waals surface area contributed by atoms with Crippen LogP contribution in [0.4, 0.5) is 4.39 Å². The zero-order valence-electron chi connectivity index (χ0n) is 15.1. The van der Waals surface area contributed by atoms with Gasteiger partial charge >= 0.3 is 0 Å². The second kappa shape index (κ2) is 8.21. The molecule has 3 rings (SSSR count). The zero-order chi connectivity index (χ0) is 18.5. The van der Waals surface area contributed by atoms with E-state index in [1.54, 1.807) is 19.2 Å². The first-order chi connectivity index (χ1) is 12.6. The fraction of sp³-hybridized carbons (Fsp3) is 0.381. The lowest BCUT2D eigenvalue weighted by atomic mass is 10.1. The van der Waals surface area contributed by atoms with E-state index in [9.17, 15) is 9.18 Å². The van der Waals surface area contributed by atoms with Crippen LogP contribution in [0.1, 0.15) is 54.6 Å². The Balaban J connectivity index is 1.71. The van der Waals surface area contributed by atoms with E-state index >= 15 is 0 Å². The molecule has 1 aliphatic rings. The van der Waals surface area contributed by atoms with Gasteiger partial charge in [0.1, 0.15) is 5.82 Å². The van der Waals surface area contributed by atoms with Gasteiger partial charge in [0, 0.05) is 0 Å². The summed E-state index contributed by atoms with van der Waals surface area (Å²) in [6, 6.07) is 11.3. The Kier molecular flexibility index (Phi) is 5.76. The van der Waals surface area contributed by atoms with Gasteiger partial charge in [0.2, 0.25) is 0 Å². The third kappa shape index (κ3) is 4.15. The van der Waals surface area contributed by atoms with Crippen LogP contribution in [-0.4, -0.2) is 19.1 Å². The number of hydrogen-bond donors (Lipinski definition) is 1. The lowest BCUT2D eigenvalue weighted by Gasteiger charge is -2.19. The topological polar surface area (TPSA) is 47.6 Å². The van der Waals surface area contributed by atoms with Gasteiger partial charge in [-0.25, -0.2) is 4.39 Å². The lowest BCUT2D eigenvalue weighted by Crippen LogP contribution is -2.27. The molecule has 0 spiro atoms. The van der Waals surface area contributed by atoms with Gasteiger partial charge in [0.15, 0.2) is 11.5 Å². The highest BCUT2D eigenvalue weighted by molar-refractivity contribution is 5.94. The van der Waals surface area contributed by atoms with Crippen LogP contribution in [0.2, 0.25) is 0 Å². The molecule has 1 unspecified atom stereocenters. The van der Waals surface area contributed by atoms with Crippen molar-refractivity contribution < 1.29 is 18.7 Å². The maximum atomic E-state index is 13.8. The summed E-state index contributed by atoms with van der Waals surface area (Å²) < 4.78 is 25.3. The molecule has 1 amide bonds. The number of hydrogen-bond acceptors (Lipinski definition) is 3. The standard InChI is InChI=1S/C21H24FNO3/c1-14(23-21(24)17-9-5-6-10-18(17)22)15-11-12-19(20(13-15)25-2)26-16-7-3-4-8-16/h5-6,9-14,16H,3-4,7-8H2,1-2H3,(H,23,24). The summed E-state index contributed by atoms with van der Waals surface area (Å²) in [6.45, 7) is 1.85. The smallest absolute Gasteiger partial charge is 0.254 e. The summed E-state index contributed by atoms with van der Waals surface area (Å²) >= 11 is 0. The van der Waals surface area contributed by atoms with E-state index < -0.39 is 11.7 Å². The number of amides is 1. The van der Waals surface area contributed by atoms with Gasteiger partial charge in [-0.2, -0.15) is 0 Å². The summed E-state index contributed by atoms with van der Waals surface area (Å²) in [4.78, 5) is 12.3. The minimum Gasteiger partial charge on any atom is -0.493 e. The second-order valence-corrected chi connectivity index (χ2v) is 6.61. The Labute approximate surface area is 153 Å². The van der Waals surface area contributed by atoms with Crippen LogP contribution in [0.5, 0.6) is 11.5 Å². The molecule has 0 radical (unpaired) electrons. The normalized spacial score (nSPS) is 15.5. The van der Waals surface area contributed by atoms with Gasteiger partial charge in [0.05, 0.1) is 24.8 Å². The Bertz CT molecular complexity index is 772. The molecule has 1 fully saturated rings. The van der Waals surface area contributed by atoms with E-state index in [4.69, 9.17) is 9.47 Å². The average Bonchev–Trinajstić information content (AvgIpc) is 3.15. The molecule has 5 heteroatoms. The molecule has 1 atom stereocenters. The maximum absolute atomic E-state index is 13.8. The van der Waals surface area contributed by atoms with Crippen molar-refractivity contribution in [3.05, 3.63) is 59.4 Å². The Hall–Kier alpha value is -2.56. The first-order valence-corrected chi connectivity index (χ1v) is 8.98. The predicted octanol–water partition coefficient (Wildman–Crippen LogP) is 4.65. The third-order valence-corrected chi connectivity index (χ3v) is 4.75. The highest BCUT2D eigenvalue weighted by atomic mass is 19.1. The molecular weight excluding hydrogens is 333 g/mol. The van der Waals surface area contributed by atoms with Crippen molar-refractivity contribution in [1.82, 2.24) is 5.32 Å². The number of carbonyl (C=O) groups is 1. The van der Waals surface area contributed by atoms with Crippen LogP contribution in [0, 0.1) is 5.82 Å². The average molecular weight is 357 g/mol. The van der Waals surface area contributed by atoms with Crippen LogP contribution in [0.25, 0.3) is 0 Å². The minimum atomic E-state index is -0.532. The Morgan fingerprint density at radius 2 is 1.88 bits per heavy atom. The van der Waals surface area contributed by atoms with Crippen molar-refractivity contribution in [1.29, 1.82) is 0 Å². The monoisotopic (exact) mass is 357 g/mol. The van der Waals surface area contributed by atoms with Crippen molar-refractivity contribution in [3.8, 4) is 11.5 Å². The van der Waals surface area contributed by atoms with Crippen LogP contribution < -0.4 is 14.8 Å². The summed E-state index contributed by atoms with van der Waals surface area (Å²) in [6.07, 6.45) is 4.78. The summed E-state index contributed by atoms with van der Waals surface area (Å²) in [7, 11) is 1.60. The van der Waals surface area contributed by atoms with Crippen LogP contribution in [-0.2, 0) is 0 Å².